The third-order valence-corrected chi connectivity index (χ3v) is 4.60. The minimum atomic E-state index is 0.886. The molecule has 3 nitrogen and oxygen atoms in total. The molecule has 0 saturated carbocycles. The Morgan fingerprint density at radius 2 is 2.25 bits per heavy atom. The molecular weight excluding hydrogens is 266 g/mol. The molecule has 0 amide bonds. The maximum atomic E-state index is 4.34. The first-order valence-electron chi connectivity index (χ1n) is 6.80. The molecule has 4 heteroatoms. The zero-order valence-electron chi connectivity index (χ0n) is 11.0. The molecule has 0 bridgehead atoms. The average Bonchev–Trinajstić information content (AvgIpc) is 3.19. The molecule has 1 N–H and O–H groups in total. The summed E-state index contributed by atoms with van der Waals surface area (Å²) in [6, 6.07) is 10.8. The summed E-state index contributed by atoms with van der Waals surface area (Å²) in [6.45, 7) is 1.92. The molecule has 0 unspecified atom stereocenters. The van der Waals surface area contributed by atoms with Gasteiger partial charge >= 0.3 is 0 Å². The van der Waals surface area contributed by atoms with Crippen LogP contribution in [-0.2, 0) is 13.0 Å². The van der Waals surface area contributed by atoms with Gasteiger partial charge in [0.15, 0.2) is 0 Å². The normalized spacial score (nSPS) is 13.2. The summed E-state index contributed by atoms with van der Waals surface area (Å²) in [5.41, 5.74) is 5.13. The van der Waals surface area contributed by atoms with E-state index in [0.29, 0.717) is 0 Å². The molecule has 4 rings (SSSR count). The summed E-state index contributed by atoms with van der Waals surface area (Å²) in [5, 5.41) is 5.62. The lowest BCUT2D eigenvalue weighted by Gasteiger charge is -2.11. The minimum Gasteiger partial charge on any atom is -0.384 e. The monoisotopic (exact) mass is 281 g/mol. The molecular formula is C16H15N3S. The standard InChI is InChI=1S/C16H15N3S/c1-3-12-6-7-18-16(12)14(5-1)15-9-17-11-19(15)10-13-4-2-8-20-13/h1-5,8-9,11,18H,6-7,10H2. The van der Waals surface area contributed by atoms with Crippen molar-refractivity contribution in [2.45, 2.75) is 13.0 Å². The molecule has 100 valence electrons. The molecule has 0 spiro atoms. The number of benzene rings is 1. The van der Waals surface area contributed by atoms with Gasteiger partial charge in [-0.2, -0.15) is 0 Å². The number of para-hydroxylation sites is 1. The lowest BCUT2D eigenvalue weighted by molar-refractivity contribution is 0.818. The molecule has 0 fully saturated rings. The van der Waals surface area contributed by atoms with Crippen LogP contribution in [0.15, 0.2) is 48.2 Å². The zero-order valence-corrected chi connectivity index (χ0v) is 11.9. The average molecular weight is 281 g/mol. The molecule has 0 radical (unpaired) electrons. The first-order valence-corrected chi connectivity index (χ1v) is 7.68. The van der Waals surface area contributed by atoms with Crippen molar-refractivity contribution in [1.82, 2.24) is 9.55 Å². The van der Waals surface area contributed by atoms with Gasteiger partial charge in [-0.1, -0.05) is 24.3 Å². The van der Waals surface area contributed by atoms with Gasteiger partial charge in [-0.25, -0.2) is 4.98 Å². The number of rotatable bonds is 3. The van der Waals surface area contributed by atoms with Crippen molar-refractivity contribution in [3.8, 4) is 11.3 Å². The lowest BCUT2D eigenvalue weighted by atomic mass is 10.1. The van der Waals surface area contributed by atoms with E-state index in [2.05, 4.69) is 50.6 Å². The molecule has 1 aliphatic heterocycles. The summed E-state index contributed by atoms with van der Waals surface area (Å²) < 4.78 is 2.22. The van der Waals surface area contributed by atoms with Gasteiger partial charge in [0.1, 0.15) is 0 Å². The molecule has 2 aromatic heterocycles. The van der Waals surface area contributed by atoms with E-state index >= 15 is 0 Å². The summed E-state index contributed by atoms with van der Waals surface area (Å²) in [6.07, 6.45) is 4.99. The highest BCUT2D eigenvalue weighted by atomic mass is 32.1. The molecule has 3 heterocycles. The zero-order chi connectivity index (χ0) is 13.4. The Labute approximate surface area is 121 Å². The molecule has 20 heavy (non-hydrogen) atoms. The van der Waals surface area contributed by atoms with Gasteiger partial charge in [0, 0.05) is 22.7 Å². The van der Waals surface area contributed by atoms with Crippen molar-refractivity contribution < 1.29 is 0 Å². The van der Waals surface area contributed by atoms with Crippen molar-refractivity contribution >= 4 is 17.0 Å². The largest absolute Gasteiger partial charge is 0.384 e. The molecule has 0 aliphatic carbocycles. The number of hydrogen-bond acceptors (Lipinski definition) is 3. The molecule has 0 saturated heterocycles. The van der Waals surface area contributed by atoms with E-state index in [1.165, 1.54) is 27.4 Å². The SMILES string of the molecule is c1csc(Cn2cncc2-c2cccc3c2NCC3)c1. The number of nitrogens with one attached hydrogen (secondary N) is 1. The van der Waals surface area contributed by atoms with Crippen molar-refractivity contribution in [3.05, 3.63) is 58.7 Å². The summed E-state index contributed by atoms with van der Waals surface area (Å²) in [5.74, 6) is 0. The highest BCUT2D eigenvalue weighted by Crippen LogP contribution is 2.34. The van der Waals surface area contributed by atoms with E-state index in [0.717, 1.165) is 19.5 Å². The number of anilines is 1. The summed E-state index contributed by atoms with van der Waals surface area (Å²) >= 11 is 1.79. The maximum Gasteiger partial charge on any atom is 0.0954 e. The Kier molecular flexibility index (Phi) is 2.81. The van der Waals surface area contributed by atoms with Crippen molar-refractivity contribution in [1.29, 1.82) is 0 Å². The predicted octanol–water partition coefficient (Wildman–Crippen LogP) is 3.63. The topological polar surface area (TPSA) is 29.9 Å². The Morgan fingerprint density at radius 1 is 1.25 bits per heavy atom. The van der Waals surface area contributed by atoms with Gasteiger partial charge in [0.05, 0.1) is 24.8 Å². The van der Waals surface area contributed by atoms with Crippen LogP contribution in [0.3, 0.4) is 0 Å². The lowest BCUT2D eigenvalue weighted by Crippen LogP contribution is -2.00. The maximum absolute atomic E-state index is 4.34. The second-order valence-electron chi connectivity index (χ2n) is 5.00. The highest BCUT2D eigenvalue weighted by Gasteiger charge is 2.17. The van der Waals surface area contributed by atoms with Crippen LogP contribution in [-0.4, -0.2) is 16.1 Å². The van der Waals surface area contributed by atoms with E-state index in [4.69, 9.17) is 0 Å². The van der Waals surface area contributed by atoms with Crippen LogP contribution in [0.4, 0.5) is 5.69 Å². The van der Waals surface area contributed by atoms with Gasteiger partial charge < -0.3 is 9.88 Å². The quantitative estimate of drug-likeness (QED) is 0.794. The van der Waals surface area contributed by atoms with Crippen molar-refractivity contribution in [2.75, 3.05) is 11.9 Å². The number of imidazole rings is 1. The van der Waals surface area contributed by atoms with Crippen LogP contribution in [0.25, 0.3) is 11.3 Å². The first-order chi connectivity index (χ1) is 9.92. The molecule has 1 aromatic carbocycles. The van der Waals surface area contributed by atoms with Gasteiger partial charge in [-0.15, -0.1) is 11.3 Å². The number of nitrogens with zero attached hydrogens (tertiary/aromatic N) is 2. The van der Waals surface area contributed by atoms with E-state index in [1.54, 1.807) is 11.3 Å². The van der Waals surface area contributed by atoms with Gasteiger partial charge in [-0.05, 0) is 23.4 Å². The van der Waals surface area contributed by atoms with Crippen LogP contribution < -0.4 is 5.32 Å². The smallest absolute Gasteiger partial charge is 0.0954 e. The number of fused-ring (bicyclic) bond motifs is 1. The van der Waals surface area contributed by atoms with Crippen molar-refractivity contribution in [3.63, 3.8) is 0 Å². The Bertz CT molecular complexity index is 728. The molecule has 3 aromatic rings. The van der Waals surface area contributed by atoms with Crippen LogP contribution in [0.5, 0.6) is 0 Å². The Hall–Kier alpha value is -2.07. The fourth-order valence-electron chi connectivity index (χ4n) is 2.79. The van der Waals surface area contributed by atoms with Gasteiger partial charge in [0.2, 0.25) is 0 Å². The fraction of sp³-hybridized carbons (Fsp3) is 0.188. The van der Waals surface area contributed by atoms with E-state index in [-0.39, 0.29) is 0 Å². The Balaban J connectivity index is 1.77. The summed E-state index contributed by atoms with van der Waals surface area (Å²) in [7, 11) is 0. The third-order valence-electron chi connectivity index (χ3n) is 3.74. The molecule has 0 atom stereocenters. The highest BCUT2D eigenvalue weighted by molar-refractivity contribution is 7.09. The second-order valence-corrected chi connectivity index (χ2v) is 6.03. The molecule has 1 aliphatic rings. The number of thiophene rings is 1. The predicted molar refractivity (Wildman–Crippen MR) is 83.3 cm³/mol. The number of aromatic nitrogens is 2. The second kappa shape index (κ2) is 4.80. The van der Waals surface area contributed by atoms with Crippen LogP contribution in [0.1, 0.15) is 10.4 Å². The Morgan fingerprint density at radius 3 is 3.15 bits per heavy atom. The van der Waals surface area contributed by atoms with Crippen molar-refractivity contribution in [2.24, 2.45) is 0 Å². The number of hydrogen-bond donors (Lipinski definition) is 1. The van der Waals surface area contributed by atoms with Gasteiger partial charge in [-0.3, -0.25) is 0 Å². The van der Waals surface area contributed by atoms with Crippen LogP contribution in [0.2, 0.25) is 0 Å². The van der Waals surface area contributed by atoms with E-state index in [1.807, 2.05) is 12.5 Å². The first kappa shape index (κ1) is 11.7. The minimum absolute atomic E-state index is 0.886. The third kappa shape index (κ3) is 1.93. The fourth-order valence-corrected chi connectivity index (χ4v) is 3.50. The van der Waals surface area contributed by atoms with Crippen LogP contribution >= 0.6 is 11.3 Å². The van der Waals surface area contributed by atoms with Gasteiger partial charge in [0.25, 0.3) is 0 Å². The summed E-state index contributed by atoms with van der Waals surface area (Å²) in [4.78, 5) is 5.70. The van der Waals surface area contributed by atoms with E-state index in [9.17, 15) is 0 Å². The van der Waals surface area contributed by atoms with Crippen LogP contribution in [0, 0.1) is 0 Å². The van der Waals surface area contributed by atoms with E-state index < -0.39 is 0 Å².